The Hall–Kier alpha value is -0.0300. The van der Waals surface area contributed by atoms with Gasteiger partial charge in [-0.1, -0.05) is 6.42 Å². The monoisotopic (exact) mass is 311 g/mol. The first-order chi connectivity index (χ1) is 8.09. The summed E-state index contributed by atoms with van der Waals surface area (Å²) in [6.45, 7) is 8.19. The molecule has 2 aliphatic rings. The smallest absolute Gasteiger partial charge is 0.227 e. The molecule has 1 heterocycles. The van der Waals surface area contributed by atoms with Crippen LogP contribution >= 0.6 is 24.8 Å². The van der Waals surface area contributed by atoms with E-state index in [1.54, 1.807) is 0 Å². The summed E-state index contributed by atoms with van der Waals surface area (Å²) in [7, 11) is 0. The molecule has 2 unspecified atom stereocenters. The van der Waals surface area contributed by atoms with Gasteiger partial charge in [0.1, 0.15) is 0 Å². The third-order valence-corrected chi connectivity index (χ3v) is 4.24. The fourth-order valence-electron chi connectivity index (χ4n) is 2.99. The van der Waals surface area contributed by atoms with Gasteiger partial charge in [-0.05, 0) is 26.7 Å². The maximum absolute atomic E-state index is 12.3. The predicted molar refractivity (Wildman–Crippen MR) is 83.1 cm³/mol. The molecule has 0 aromatic heterocycles. The van der Waals surface area contributed by atoms with E-state index in [1.165, 1.54) is 0 Å². The summed E-state index contributed by atoms with van der Waals surface area (Å²) in [5.74, 6) is 0.402. The average molecular weight is 312 g/mol. The Morgan fingerprint density at radius 3 is 2.11 bits per heavy atom. The molecule has 114 valence electrons. The maximum Gasteiger partial charge on any atom is 0.227 e. The number of carbonyl (C=O) groups is 1. The van der Waals surface area contributed by atoms with Gasteiger partial charge in [-0.25, -0.2) is 0 Å². The summed E-state index contributed by atoms with van der Waals surface area (Å²) in [5.41, 5.74) is 6.00. The van der Waals surface area contributed by atoms with Gasteiger partial charge in [-0.3, -0.25) is 9.69 Å². The van der Waals surface area contributed by atoms with Crippen molar-refractivity contribution < 1.29 is 4.79 Å². The molecule has 2 N–H and O–H groups in total. The van der Waals surface area contributed by atoms with E-state index in [1.807, 2.05) is 4.90 Å². The second-order valence-corrected chi connectivity index (χ2v) is 5.66. The molecule has 0 spiro atoms. The van der Waals surface area contributed by atoms with Crippen LogP contribution in [0.1, 0.15) is 33.1 Å². The van der Waals surface area contributed by atoms with Crippen LogP contribution in [-0.2, 0) is 4.79 Å². The van der Waals surface area contributed by atoms with Crippen LogP contribution in [0.4, 0.5) is 0 Å². The Morgan fingerprint density at radius 2 is 1.68 bits per heavy atom. The fourth-order valence-corrected chi connectivity index (χ4v) is 2.99. The minimum absolute atomic E-state index is 0. The van der Waals surface area contributed by atoms with Crippen LogP contribution in [0.15, 0.2) is 0 Å². The molecule has 2 rings (SSSR count). The lowest BCUT2D eigenvalue weighted by atomic mass is 10.0. The van der Waals surface area contributed by atoms with Crippen LogP contribution in [0.5, 0.6) is 0 Å². The molecule has 0 bridgehead atoms. The van der Waals surface area contributed by atoms with Crippen LogP contribution in [0, 0.1) is 5.92 Å². The number of piperazine rings is 1. The van der Waals surface area contributed by atoms with E-state index in [-0.39, 0.29) is 36.8 Å². The topological polar surface area (TPSA) is 49.6 Å². The Kier molecular flexibility index (Phi) is 8.29. The molecule has 0 aromatic rings. The van der Waals surface area contributed by atoms with Gasteiger partial charge in [-0.15, -0.1) is 24.8 Å². The lowest BCUT2D eigenvalue weighted by molar-refractivity contribution is -0.137. The zero-order chi connectivity index (χ0) is 12.4. The number of carbonyl (C=O) groups excluding carboxylic acids is 1. The first kappa shape index (κ1) is 19.0. The largest absolute Gasteiger partial charge is 0.340 e. The van der Waals surface area contributed by atoms with E-state index >= 15 is 0 Å². The molecular weight excluding hydrogens is 285 g/mol. The second-order valence-electron chi connectivity index (χ2n) is 5.66. The van der Waals surface area contributed by atoms with Crippen LogP contribution in [0.25, 0.3) is 0 Å². The highest BCUT2D eigenvalue weighted by molar-refractivity contribution is 5.85. The van der Waals surface area contributed by atoms with Crippen molar-refractivity contribution in [3.63, 3.8) is 0 Å². The van der Waals surface area contributed by atoms with Gasteiger partial charge in [-0.2, -0.15) is 0 Å². The van der Waals surface area contributed by atoms with E-state index in [0.717, 1.165) is 45.4 Å². The molecule has 19 heavy (non-hydrogen) atoms. The molecule has 1 saturated heterocycles. The molecule has 2 fully saturated rings. The van der Waals surface area contributed by atoms with E-state index < -0.39 is 0 Å². The lowest BCUT2D eigenvalue weighted by Gasteiger charge is -2.38. The van der Waals surface area contributed by atoms with Crippen molar-refractivity contribution >= 4 is 30.7 Å². The summed E-state index contributed by atoms with van der Waals surface area (Å²) >= 11 is 0. The molecule has 6 heteroatoms. The SMILES string of the molecule is CC(C)N1CCN(C(=O)C2CCCC2N)CC1.Cl.Cl. The summed E-state index contributed by atoms with van der Waals surface area (Å²) in [6.07, 6.45) is 3.12. The number of amides is 1. The number of halogens is 2. The van der Waals surface area contributed by atoms with Gasteiger partial charge >= 0.3 is 0 Å². The second kappa shape index (κ2) is 8.30. The van der Waals surface area contributed by atoms with Crippen LogP contribution in [0.2, 0.25) is 0 Å². The minimum Gasteiger partial charge on any atom is -0.340 e. The average Bonchev–Trinajstić information content (AvgIpc) is 2.74. The van der Waals surface area contributed by atoms with Crippen molar-refractivity contribution in [1.82, 2.24) is 9.80 Å². The number of hydrogen-bond acceptors (Lipinski definition) is 3. The quantitative estimate of drug-likeness (QED) is 0.841. The number of nitrogens with two attached hydrogens (primary N) is 1. The Labute approximate surface area is 128 Å². The third-order valence-electron chi connectivity index (χ3n) is 4.24. The first-order valence-corrected chi connectivity index (χ1v) is 6.88. The maximum atomic E-state index is 12.3. The summed E-state index contributed by atoms with van der Waals surface area (Å²) in [4.78, 5) is 16.8. The number of rotatable bonds is 2. The molecule has 1 aliphatic carbocycles. The molecule has 1 amide bonds. The van der Waals surface area contributed by atoms with Gasteiger partial charge in [0.15, 0.2) is 0 Å². The van der Waals surface area contributed by atoms with E-state index in [2.05, 4.69) is 18.7 Å². The van der Waals surface area contributed by atoms with Gasteiger partial charge in [0.2, 0.25) is 5.91 Å². The van der Waals surface area contributed by atoms with Crippen molar-refractivity contribution in [2.45, 2.75) is 45.2 Å². The van der Waals surface area contributed by atoms with Crippen molar-refractivity contribution in [2.75, 3.05) is 26.2 Å². The normalized spacial score (nSPS) is 27.9. The molecule has 2 atom stereocenters. The predicted octanol–water partition coefficient (Wildman–Crippen LogP) is 1.51. The summed E-state index contributed by atoms with van der Waals surface area (Å²) in [6, 6.07) is 0.687. The van der Waals surface area contributed by atoms with E-state index in [0.29, 0.717) is 11.9 Å². The molecule has 1 aliphatic heterocycles. The fraction of sp³-hybridized carbons (Fsp3) is 0.923. The highest BCUT2D eigenvalue weighted by Gasteiger charge is 2.34. The van der Waals surface area contributed by atoms with Crippen molar-refractivity contribution in [3.05, 3.63) is 0 Å². The highest BCUT2D eigenvalue weighted by atomic mass is 35.5. The summed E-state index contributed by atoms with van der Waals surface area (Å²) < 4.78 is 0. The van der Waals surface area contributed by atoms with Gasteiger partial charge < -0.3 is 10.6 Å². The first-order valence-electron chi connectivity index (χ1n) is 6.88. The van der Waals surface area contributed by atoms with E-state index in [9.17, 15) is 4.79 Å². The molecule has 0 radical (unpaired) electrons. The van der Waals surface area contributed by atoms with Gasteiger partial charge in [0.25, 0.3) is 0 Å². The third kappa shape index (κ3) is 4.48. The number of nitrogens with zero attached hydrogens (tertiary/aromatic N) is 2. The van der Waals surface area contributed by atoms with Crippen LogP contribution < -0.4 is 5.73 Å². The molecule has 0 aromatic carbocycles. The van der Waals surface area contributed by atoms with Crippen molar-refractivity contribution in [1.29, 1.82) is 0 Å². The summed E-state index contributed by atoms with van der Waals surface area (Å²) in [5, 5.41) is 0. The van der Waals surface area contributed by atoms with Crippen molar-refractivity contribution in [2.24, 2.45) is 11.7 Å². The molecule has 1 saturated carbocycles. The zero-order valence-corrected chi connectivity index (χ0v) is 13.5. The molecular formula is C13H27Cl2N3O. The van der Waals surface area contributed by atoms with Gasteiger partial charge in [0, 0.05) is 38.3 Å². The molecule has 4 nitrogen and oxygen atoms in total. The Balaban J connectivity index is 0.00000162. The Morgan fingerprint density at radius 1 is 1.11 bits per heavy atom. The van der Waals surface area contributed by atoms with Gasteiger partial charge in [0.05, 0.1) is 5.92 Å². The number of hydrogen-bond donors (Lipinski definition) is 1. The Bertz CT molecular complexity index is 281. The van der Waals surface area contributed by atoms with Crippen molar-refractivity contribution in [3.8, 4) is 0 Å². The minimum atomic E-state index is 0. The van der Waals surface area contributed by atoms with Crippen LogP contribution in [-0.4, -0.2) is 54.0 Å². The standard InChI is InChI=1S/C13H25N3O.2ClH/c1-10(2)15-6-8-16(9-7-15)13(17)11-4-3-5-12(11)14;;/h10-12H,3-9,14H2,1-2H3;2*1H. The lowest BCUT2D eigenvalue weighted by Crippen LogP contribution is -2.53. The van der Waals surface area contributed by atoms with E-state index in [4.69, 9.17) is 5.73 Å². The highest BCUT2D eigenvalue weighted by Crippen LogP contribution is 2.26. The zero-order valence-electron chi connectivity index (χ0n) is 11.9. The van der Waals surface area contributed by atoms with Crippen LogP contribution in [0.3, 0.4) is 0 Å².